The SMILES string of the molecule is CC(N)C(Oc1ccc(F)cc1F)c1cccs1. The summed E-state index contributed by atoms with van der Waals surface area (Å²) in [4.78, 5) is 0.911. The van der Waals surface area contributed by atoms with E-state index in [1.54, 1.807) is 6.92 Å². The Morgan fingerprint density at radius 3 is 2.61 bits per heavy atom. The van der Waals surface area contributed by atoms with E-state index in [4.69, 9.17) is 10.5 Å². The highest BCUT2D eigenvalue weighted by Gasteiger charge is 2.20. The minimum Gasteiger partial charge on any atom is -0.480 e. The van der Waals surface area contributed by atoms with Gasteiger partial charge in [-0.15, -0.1) is 11.3 Å². The summed E-state index contributed by atoms with van der Waals surface area (Å²) in [6.07, 6.45) is -0.440. The molecule has 0 amide bonds. The lowest BCUT2D eigenvalue weighted by atomic mass is 10.1. The summed E-state index contributed by atoms with van der Waals surface area (Å²) in [6, 6.07) is 6.67. The summed E-state index contributed by atoms with van der Waals surface area (Å²) in [5.41, 5.74) is 5.84. The monoisotopic (exact) mass is 269 g/mol. The molecule has 2 rings (SSSR count). The minimum atomic E-state index is -0.725. The Kier molecular flexibility index (Phi) is 3.93. The molecule has 0 saturated heterocycles. The van der Waals surface area contributed by atoms with Gasteiger partial charge in [0.15, 0.2) is 11.6 Å². The van der Waals surface area contributed by atoms with Crippen LogP contribution in [0, 0.1) is 11.6 Å². The molecule has 0 fully saturated rings. The van der Waals surface area contributed by atoms with Crippen LogP contribution in [-0.2, 0) is 0 Å². The number of hydrogen-bond acceptors (Lipinski definition) is 3. The summed E-state index contributed by atoms with van der Waals surface area (Å²) in [5, 5.41) is 1.90. The van der Waals surface area contributed by atoms with Crippen LogP contribution in [0.2, 0.25) is 0 Å². The highest BCUT2D eigenvalue weighted by Crippen LogP contribution is 2.29. The summed E-state index contributed by atoms with van der Waals surface area (Å²) in [5.74, 6) is -1.35. The quantitative estimate of drug-likeness (QED) is 0.922. The summed E-state index contributed by atoms with van der Waals surface area (Å²) in [7, 11) is 0. The molecule has 5 heteroatoms. The van der Waals surface area contributed by atoms with Crippen molar-refractivity contribution in [3.05, 3.63) is 52.2 Å². The van der Waals surface area contributed by atoms with E-state index >= 15 is 0 Å². The molecule has 2 aromatic rings. The van der Waals surface area contributed by atoms with Crippen LogP contribution in [0.25, 0.3) is 0 Å². The molecule has 0 bridgehead atoms. The predicted molar refractivity (Wildman–Crippen MR) is 67.7 cm³/mol. The maximum Gasteiger partial charge on any atom is 0.168 e. The van der Waals surface area contributed by atoms with Crippen molar-refractivity contribution in [1.82, 2.24) is 0 Å². The molecule has 0 aliphatic carbocycles. The smallest absolute Gasteiger partial charge is 0.168 e. The van der Waals surface area contributed by atoms with Crippen molar-refractivity contribution >= 4 is 11.3 Å². The van der Waals surface area contributed by atoms with Gasteiger partial charge < -0.3 is 10.5 Å². The lowest BCUT2D eigenvalue weighted by molar-refractivity contribution is 0.176. The second-order valence-corrected chi connectivity index (χ2v) is 4.97. The Balaban J connectivity index is 2.24. The fourth-order valence-corrected chi connectivity index (χ4v) is 2.45. The highest BCUT2D eigenvalue weighted by molar-refractivity contribution is 7.10. The van der Waals surface area contributed by atoms with Crippen LogP contribution in [0.1, 0.15) is 17.9 Å². The van der Waals surface area contributed by atoms with Crippen molar-refractivity contribution < 1.29 is 13.5 Å². The van der Waals surface area contributed by atoms with Crippen molar-refractivity contribution in [3.63, 3.8) is 0 Å². The van der Waals surface area contributed by atoms with Gasteiger partial charge >= 0.3 is 0 Å². The Labute approximate surface area is 108 Å². The third kappa shape index (κ3) is 2.86. The second kappa shape index (κ2) is 5.46. The predicted octanol–water partition coefficient (Wildman–Crippen LogP) is 3.49. The molecular weight excluding hydrogens is 256 g/mol. The van der Waals surface area contributed by atoms with Gasteiger partial charge in [0, 0.05) is 17.0 Å². The van der Waals surface area contributed by atoms with Crippen molar-refractivity contribution in [2.45, 2.75) is 19.1 Å². The number of hydrogen-bond donors (Lipinski definition) is 1. The first-order valence-corrected chi connectivity index (χ1v) is 6.36. The van der Waals surface area contributed by atoms with Gasteiger partial charge in [0.05, 0.1) is 0 Å². The number of benzene rings is 1. The van der Waals surface area contributed by atoms with Gasteiger partial charge in [-0.25, -0.2) is 8.78 Å². The van der Waals surface area contributed by atoms with Gasteiger partial charge in [0.1, 0.15) is 11.9 Å². The van der Waals surface area contributed by atoms with E-state index < -0.39 is 17.7 Å². The molecule has 0 aliphatic rings. The van der Waals surface area contributed by atoms with Crippen molar-refractivity contribution in [1.29, 1.82) is 0 Å². The molecule has 1 aromatic heterocycles. The summed E-state index contributed by atoms with van der Waals surface area (Å²) >= 11 is 1.49. The largest absolute Gasteiger partial charge is 0.480 e. The molecule has 1 aromatic carbocycles. The normalized spacial score (nSPS) is 14.2. The number of thiophene rings is 1. The van der Waals surface area contributed by atoms with Crippen LogP contribution >= 0.6 is 11.3 Å². The summed E-state index contributed by atoms with van der Waals surface area (Å²) in [6.45, 7) is 1.78. The highest BCUT2D eigenvalue weighted by atomic mass is 32.1. The maximum absolute atomic E-state index is 13.5. The molecule has 2 unspecified atom stereocenters. The molecule has 1 heterocycles. The molecule has 0 saturated carbocycles. The van der Waals surface area contributed by atoms with Gasteiger partial charge in [-0.05, 0) is 30.5 Å². The maximum atomic E-state index is 13.5. The molecule has 18 heavy (non-hydrogen) atoms. The van der Waals surface area contributed by atoms with Crippen LogP contribution in [0.4, 0.5) is 8.78 Å². The lowest BCUT2D eigenvalue weighted by Gasteiger charge is -2.21. The number of ether oxygens (including phenoxy) is 1. The topological polar surface area (TPSA) is 35.2 Å². The zero-order chi connectivity index (χ0) is 13.1. The number of rotatable bonds is 4. The Hall–Kier alpha value is -1.46. The molecular formula is C13H13F2NOS. The van der Waals surface area contributed by atoms with Gasteiger partial charge in [0.2, 0.25) is 0 Å². The Morgan fingerprint density at radius 2 is 2.06 bits per heavy atom. The van der Waals surface area contributed by atoms with Gasteiger partial charge in [-0.2, -0.15) is 0 Å². The van der Waals surface area contributed by atoms with Crippen molar-refractivity contribution in [3.8, 4) is 5.75 Å². The first-order chi connectivity index (χ1) is 8.58. The van der Waals surface area contributed by atoms with E-state index in [1.807, 2.05) is 17.5 Å². The molecule has 96 valence electrons. The standard InChI is InChI=1S/C13H13F2NOS/c1-8(16)13(12-3-2-6-18-12)17-11-5-4-9(14)7-10(11)15/h2-8,13H,16H2,1H3. The molecule has 0 radical (unpaired) electrons. The zero-order valence-electron chi connectivity index (χ0n) is 9.77. The van der Waals surface area contributed by atoms with E-state index in [9.17, 15) is 8.78 Å². The fourth-order valence-electron chi connectivity index (χ4n) is 1.59. The van der Waals surface area contributed by atoms with Gasteiger partial charge in [-0.3, -0.25) is 0 Å². The molecule has 2 nitrogen and oxygen atoms in total. The van der Waals surface area contributed by atoms with E-state index in [0.717, 1.165) is 17.0 Å². The third-order valence-corrected chi connectivity index (χ3v) is 3.38. The van der Waals surface area contributed by atoms with E-state index in [-0.39, 0.29) is 11.8 Å². The molecule has 0 aliphatic heterocycles. The average Bonchev–Trinajstić information content (AvgIpc) is 2.80. The molecule has 2 N–H and O–H groups in total. The van der Waals surface area contributed by atoms with Crippen LogP contribution in [0.15, 0.2) is 35.7 Å². The number of nitrogens with two attached hydrogens (primary N) is 1. The van der Waals surface area contributed by atoms with E-state index in [1.165, 1.54) is 17.4 Å². The van der Waals surface area contributed by atoms with Gasteiger partial charge in [0.25, 0.3) is 0 Å². The Morgan fingerprint density at radius 1 is 1.28 bits per heavy atom. The molecule has 0 spiro atoms. The van der Waals surface area contributed by atoms with E-state index in [2.05, 4.69) is 0 Å². The van der Waals surface area contributed by atoms with Crippen LogP contribution < -0.4 is 10.5 Å². The zero-order valence-corrected chi connectivity index (χ0v) is 10.6. The van der Waals surface area contributed by atoms with Crippen LogP contribution in [-0.4, -0.2) is 6.04 Å². The minimum absolute atomic E-state index is 0.00657. The fraction of sp³-hybridized carbons (Fsp3) is 0.231. The second-order valence-electron chi connectivity index (χ2n) is 3.99. The lowest BCUT2D eigenvalue weighted by Crippen LogP contribution is -2.28. The average molecular weight is 269 g/mol. The van der Waals surface area contributed by atoms with Crippen molar-refractivity contribution in [2.24, 2.45) is 5.73 Å². The number of halogens is 2. The van der Waals surface area contributed by atoms with Crippen LogP contribution in [0.5, 0.6) is 5.75 Å². The summed E-state index contributed by atoms with van der Waals surface area (Å²) < 4.78 is 31.9. The first-order valence-electron chi connectivity index (χ1n) is 5.48. The van der Waals surface area contributed by atoms with Crippen LogP contribution in [0.3, 0.4) is 0 Å². The first kappa shape index (κ1) is 13.0. The van der Waals surface area contributed by atoms with E-state index in [0.29, 0.717) is 0 Å². The van der Waals surface area contributed by atoms with Crippen molar-refractivity contribution in [2.75, 3.05) is 0 Å². The third-order valence-electron chi connectivity index (χ3n) is 2.45. The Bertz CT molecular complexity index is 514. The van der Waals surface area contributed by atoms with Gasteiger partial charge in [-0.1, -0.05) is 6.07 Å². The molecule has 2 atom stereocenters.